The summed E-state index contributed by atoms with van der Waals surface area (Å²) in [6, 6.07) is 0. The molecule has 0 saturated heterocycles. The standard InChI is InChI=1S/C40H54O/c1-33(2)18-12-21-36(6)24-15-27-38(8)26-14-23-35(5)20-10-11-30-40(32-41)31-17-29-39(9)28-16-25-37(7)22-13-19-34(3)4/h10-11,13-18,20,22-32,34H,12,19,21H2,1-9H3. The Morgan fingerprint density at radius 2 is 1.02 bits per heavy atom. The van der Waals surface area contributed by atoms with E-state index in [1.165, 1.54) is 22.3 Å². The Morgan fingerprint density at radius 3 is 1.54 bits per heavy atom. The van der Waals surface area contributed by atoms with Crippen LogP contribution in [0.2, 0.25) is 0 Å². The number of hydrogen-bond donors (Lipinski definition) is 0. The van der Waals surface area contributed by atoms with E-state index >= 15 is 0 Å². The van der Waals surface area contributed by atoms with Gasteiger partial charge in [-0.15, -0.1) is 0 Å². The van der Waals surface area contributed by atoms with Crippen LogP contribution in [0.1, 0.15) is 81.6 Å². The molecule has 0 bridgehead atoms. The molecule has 220 valence electrons. The van der Waals surface area contributed by atoms with Crippen LogP contribution in [0.15, 0.2) is 154 Å². The molecule has 0 saturated carbocycles. The number of carbonyl (C=O) groups is 1. The fourth-order valence-corrected chi connectivity index (χ4v) is 3.31. The first-order chi connectivity index (χ1) is 19.5. The lowest BCUT2D eigenvalue weighted by atomic mass is 10.1. The van der Waals surface area contributed by atoms with E-state index < -0.39 is 0 Å². The number of rotatable bonds is 17. The third-order valence-electron chi connectivity index (χ3n) is 5.80. The highest BCUT2D eigenvalue weighted by atomic mass is 16.1. The van der Waals surface area contributed by atoms with Gasteiger partial charge in [0.1, 0.15) is 6.29 Å². The van der Waals surface area contributed by atoms with E-state index in [2.05, 4.69) is 128 Å². The van der Waals surface area contributed by atoms with Crippen LogP contribution in [-0.2, 0) is 4.79 Å². The molecule has 0 heterocycles. The zero-order chi connectivity index (χ0) is 30.9. The average molecular weight is 551 g/mol. The van der Waals surface area contributed by atoms with Crippen molar-refractivity contribution in [3.05, 3.63) is 154 Å². The molecule has 0 aliphatic rings. The SMILES string of the molecule is CC(C)=CCCC(C)=CC=CC(C)=CC=CC(C)=CC=CC=C(C=O)C=CC=C(C)C=CC=C(C)C=CCC(C)C. The predicted octanol–water partition coefficient (Wildman–Crippen LogP) is 12.0. The third-order valence-corrected chi connectivity index (χ3v) is 5.80. The summed E-state index contributed by atoms with van der Waals surface area (Å²) < 4.78 is 0. The molecule has 0 atom stereocenters. The maximum atomic E-state index is 11.4. The van der Waals surface area contributed by atoms with Gasteiger partial charge in [0.05, 0.1) is 0 Å². The summed E-state index contributed by atoms with van der Waals surface area (Å²) in [5, 5.41) is 0. The lowest BCUT2D eigenvalue weighted by Crippen LogP contribution is -1.81. The molecule has 1 heteroatoms. The molecule has 0 unspecified atom stereocenters. The van der Waals surface area contributed by atoms with Crippen LogP contribution < -0.4 is 0 Å². The molecule has 0 N–H and O–H groups in total. The quantitative estimate of drug-likeness (QED) is 0.0761. The summed E-state index contributed by atoms with van der Waals surface area (Å²) in [5.74, 6) is 0.681. The summed E-state index contributed by atoms with van der Waals surface area (Å²) in [6.45, 7) is 19.2. The maximum Gasteiger partial charge on any atom is 0.150 e. The fraction of sp³-hybridized carbons (Fsp3) is 0.325. The molecule has 0 amide bonds. The van der Waals surface area contributed by atoms with Gasteiger partial charge in [0, 0.05) is 5.57 Å². The Morgan fingerprint density at radius 1 is 0.561 bits per heavy atom. The van der Waals surface area contributed by atoms with Crippen molar-refractivity contribution >= 4 is 6.29 Å². The number of carbonyl (C=O) groups excluding carboxylic acids is 1. The molecule has 0 aromatic carbocycles. The van der Waals surface area contributed by atoms with Gasteiger partial charge in [-0.05, 0) is 73.6 Å². The summed E-state index contributed by atoms with van der Waals surface area (Å²) in [5.41, 5.74) is 8.05. The Labute approximate surface area is 252 Å². The molecular formula is C40H54O. The van der Waals surface area contributed by atoms with Crippen molar-refractivity contribution in [1.82, 2.24) is 0 Å². The predicted molar refractivity (Wildman–Crippen MR) is 186 cm³/mol. The second-order valence-corrected chi connectivity index (χ2v) is 11.1. The van der Waals surface area contributed by atoms with Gasteiger partial charge in [-0.25, -0.2) is 0 Å². The fourth-order valence-electron chi connectivity index (χ4n) is 3.31. The highest BCUT2D eigenvalue weighted by Crippen LogP contribution is 2.08. The smallest absolute Gasteiger partial charge is 0.150 e. The Bertz CT molecular complexity index is 1180. The van der Waals surface area contributed by atoms with E-state index in [1.807, 2.05) is 49.5 Å². The summed E-state index contributed by atoms with van der Waals surface area (Å²) in [4.78, 5) is 11.4. The third kappa shape index (κ3) is 25.0. The van der Waals surface area contributed by atoms with E-state index in [1.54, 1.807) is 0 Å². The molecule has 0 rings (SSSR count). The second-order valence-electron chi connectivity index (χ2n) is 11.1. The van der Waals surface area contributed by atoms with E-state index in [-0.39, 0.29) is 0 Å². The van der Waals surface area contributed by atoms with Crippen LogP contribution in [0.4, 0.5) is 0 Å². The van der Waals surface area contributed by atoms with Gasteiger partial charge in [-0.1, -0.05) is 163 Å². The summed E-state index contributed by atoms with van der Waals surface area (Å²) >= 11 is 0. The largest absolute Gasteiger partial charge is 0.298 e. The Hall–Kier alpha value is -3.71. The van der Waals surface area contributed by atoms with Crippen molar-refractivity contribution in [2.24, 2.45) is 5.92 Å². The molecule has 0 aromatic heterocycles. The van der Waals surface area contributed by atoms with Gasteiger partial charge in [0.25, 0.3) is 0 Å². The van der Waals surface area contributed by atoms with Crippen LogP contribution >= 0.6 is 0 Å². The zero-order valence-electron chi connectivity index (χ0n) is 27.2. The minimum Gasteiger partial charge on any atom is -0.298 e. The number of allylic oxidation sites excluding steroid dienone is 26. The van der Waals surface area contributed by atoms with Crippen molar-refractivity contribution in [2.75, 3.05) is 0 Å². The van der Waals surface area contributed by atoms with Crippen LogP contribution in [-0.4, -0.2) is 6.29 Å². The normalized spacial score (nSPS) is 15.4. The molecular weight excluding hydrogens is 496 g/mol. The topological polar surface area (TPSA) is 17.1 Å². The molecule has 0 radical (unpaired) electrons. The van der Waals surface area contributed by atoms with Crippen LogP contribution in [0.25, 0.3) is 0 Å². The van der Waals surface area contributed by atoms with E-state index in [4.69, 9.17) is 0 Å². The molecule has 0 spiro atoms. The van der Waals surface area contributed by atoms with Crippen molar-refractivity contribution in [1.29, 1.82) is 0 Å². The number of aldehydes is 1. The minimum absolute atomic E-state index is 0.619. The first-order valence-corrected chi connectivity index (χ1v) is 14.7. The number of hydrogen-bond acceptors (Lipinski definition) is 1. The first-order valence-electron chi connectivity index (χ1n) is 14.7. The van der Waals surface area contributed by atoms with Crippen molar-refractivity contribution < 1.29 is 4.79 Å². The van der Waals surface area contributed by atoms with Crippen LogP contribution in [0.3, 0.4) is 0 Å². The maximum absolute atomic E-state index is 11.4. The second kappa shape index (κ2) is 24.1. The Balaban J connectivity index is 4.88. The zero-order valence-corrected chi connectivity index (χ0v) is 27.2. The lowest BCUT2D eigenvalue weighted by molar-refractivity contribution is -0.104. The highest BCUT2D eigenvalue weighted by Gasteiger charge is 1.89. The average Bonchev–Trinajstić information content (AvgIpc) is 2.89. The van der Waals surface area contributed by atoms with Gasteiger partial charge in [-0.2, -0.15) is 0 Å². The molecule has 0 fully saturated rings. The monoisotopic (exact) mass is 550 g/mol. The molecule has 1 nitrogen and oxygen atoms in total. The van der Waals surface area contributed by atoms with Gasteiger partial charge >= 0.3 is 0 Å². The highest BCUT2D eigenvalue weighted by molar-refractivity contribution is 5.78. The minimum atomic E-state index is 0.619. The molecule has 0 aliphatic heterocycles. The Kier molecular flexibility index (Phi) is 21.9. The molecule has 0 aliphatic carbocycles. The van der Waals surface area contributed by atoms with Crippen LogP contribution in [0.5, 0.6) is 0 Å². The van der Waals surface area contributed by atoms with Crippen LogP contribution in [0, 0.1) is 5.92 Å². The first kappa shape index (κ1) is 37.3. The summed E-state index contributed by atoms with van der Waals surface area (Å²) in [7, 11) is 0. The van der Waals surface area contributed by atoms with Crippen molar-refractivity contribution in [2.45, 2.75) is 81.6 Å². The van der Waals surface area contributed by atoms with Crippen molar-refractivity contribution in [3.63, 3.8) is 0 Å². The molecule has 0 aromatic rings. The van der Waals surface area contributed by atoms with Gasteiger partial charge in [0.2, 0.25) is 0 Å². The van der Waals surface area contributed by atoms with Gasteiger partial charge < -0.3 is 0 Å². The molecule has 41 heavy (non-hydrogen) atoms. The summed E-state index contributed by atoms with van der Waals surface area (Å²) in [6.07, 6.45) is 43.1. The van der Waals surface area contributed by atoms with E-state index in [0.717, 1.165) is 36.7 Å². The van der Waals surface area contributed by atoms with E-state index in [0.29, 0.717) is 11.5 Å². The van der Waals surface area contributed by atoms with Gasteiger partial charge in [-0.3, -0.25) is 4.79 Å². The lowest BCUT2D eigenvalue weighted by Gasteiger charge is -1.96. The van der Waals surface area contributed by atoms with E-state index in [9.17, 15) is 4.79 Å². The van der Waals surface area contributed by atoms with Gasteiger partial charge in [0.15, 0.2) is 0 Å². The van der Waals surface area contributed by atoms with Crippen molar-refractivity contribution in [3.8, 4) is 0 Å².